The van der Waals surface area contributed by atoms with Crippen molar-refractivity contribution >= 4 is 51.0 Å². The Hall–Kier alpha value is -6.58. The molecule has 2 aliphatic heterocycles. The van der Waals surface area contributed by atoms with Crippen molar-refractivity contribution in [2.24, 2.45) is 35.5 Å². The van der Waals surface area contributed by atoms with Crippen molar-refractivity contribution in [2.75, 3.05) is 4.81 Å². The number of hydrogen-bond donors (Lipinski definition) is 0. The molecule has 0 amide bonds. The molecule has 0 unspecified atom stereocenters. The molecule has 11 aliphatic rings. The van der Waals surface area contributed by atoms with E-state index in [4.69, 9.17) is 0 Å². The zero-order valence-corrected chi connectivity index (χ0v) is 43.0. The Morgan fingerprint density at radius 3 is 1.64 bits per heavy atom. The highest BCUT2D eigenvalue weighted by molar-refractivity contribution is 6.93. The van der Waals surface area contributed by atoms with Gasteiger partial charge in [-0.05, 0) is 250 Å². The van der Waals surface area contributed by atoms with Crippen molar-refractivity contribution in [3.8, 4) is 50.2 Å². The van der Waals surface area contributed by atoms with Crippen LogP contribution in [-0.4, -0.2) is 11.4 Å². The first-order chi connectivity index (χ1) is 36.2. The maximum Gasteiger partial charge on any atom is 0.333 e. The van der Waals surface area contributed by atoms with Crippen molar-refractivity contribution in [3.63, 3.8) is 0 Å². The molecule has 0 spiro atoms. The lowest BCUT2D eigenvalue weighted by Crippen LogP contribution is -2.61. The summed E-state index contributed by atoms with van der Waals surface area (Å²) in [6, 6.07) is 65.3. The molecule has 1 aromatic heterocycles. The second-order valence-electron chi connectivity index (χ2n) is 26.5. The summed E-state index contributed by atoms with van der Waals surface area (Å²) in [7, 11) is 0. The SMILES string of the molecule is CC1(C)c2ccccc2-c2cc3c(cc21)N(c1ccc(-c2ccccc2)cc1)B1c2c-3cc(-c3ccccc3)cc2-n2c3ccc(C45CC6CC(CC(C6)C4)C5)cc3c3cc(C45CC6CC(CC(C6)C4)C5)cc1c32. The molecular formula is C71H63BN2. The third kappa shape index (κ3) is 5.54. The molecule has 0 N–H and O–H groups in total. The zero-order valence-electron chi connectivity index (χ0n) is 43.0. The minimum absolute atomic E-state index is 0.0272. The van der Waals surface area contributed by atoms with Crippen LogP contribution in [0.2, 0.25) is 0 Å². The Labute approximate surface area is 437 Å². The van der Waals surface area contributed by atoms with Crippen molar-refractivity contribution in [3.05, 3.63) is 186 Å². The summed E-state index contributed by atoms with van der Waals surface area (Å²) in [6.45, 7) is 4.89. The van der Waals surface area contributed by atoms with Gasteiger partial charge in [0.25, 0.3) is 0 Å². The molecule has 2 nitrogen and oxygen atoms in total. The minimum atomic E-state index is -0.139. The molecule has 8 aromatic carbocycles. The molecule has 9 aliphatic carbocycles. The quantitative estimate of drug-likeness (QED) is 0.156. The number of anilines is 2. The summed E-state index contributed by atoms with van der Waals surface area (Å²) >= 11 is 0. The van der Waals surface area contributed by atoms with E-state index in [1.807, 2.05) is 0 Å². The highest BCUT2D eigenvalue weighted by Crippen LogP contribution is 2.63. The van der Waals surface area contributed by atoms with Crippen LogP contribution in [0.5, 0.6) is 0 Å². The smallest absolute Gasteiger partial charge is 0.333 e. The largest absolute Gasteiger partial charge is 0.376 e. The Kier molecular flexibility index (Phi) is 8.13. The Bertz CT molecular complexity index is 3820. The van der Waals surface area contributed by atoms with Crippen molar-refractivity contribution in [1.82, 2.24) is 4.57 Å². The van der Waals surface area contributed by atoms with E-state index in [0.717, 1.165) is 35.5 Å². The number of aromatic nitrogens is 1. The fraction of sp³-hybridized carbons (Fsp3) is 0.324. The highest BCUT2D eigenvalue weighted by Gasteiger charge is 2.55. The molecule has 0 radical (unpaired) electrons. The predicted octanol–water partition coefficient (Wildman–Crippen LogP) is 16.6. The van der Waals surface area contributed by atoms with Crippen LogP contribution in [0.15, 0.2) is 164 Å². The Morgan fingerprint density at radius 2 is 0.986 bits per heavy atom. The molecule has 3 heteroatoms. The molecular weight excluding hydrogens is 892 g/mol. The molecule has 8 fully saturated rings. The van der Waals surface area contributed by atoms with Gasteiger partial charge in [-0.15, -0.1) is 0 Å². The number of rotatable bonds is 5. The fourth-order valence-corrected chi connectivity index (χ4v) is 19.8. The first kappa shape index (κ1) is 41.7. The van der Waals surface area contributed by atoms with Gasteiger partial charge < -0.3 is 9.38 Å². The van der Waals surface area contributed by atoms with E-state index in [-0.39, 0.29) is 17.7 Å². The second kappa shape index (κ2) is 14.4. The number of fused-ring (bicyclic) bond motifs is 10. The van der Waals surface area contributed by atoms with Crippen LogP contribution >= 0.6 is 0 Å². The number of hydrogen-bond acceptors (Lipinski definition) is 1. The van der Waals surface area contributed by atoms with Gasteiger partial charge in [-0.25, -0.2) is 0 Å². The van der Waals surface area contributed by atoms with Crippen LogP contribution < -0.4 is 15.7 Å². The lowest BCUT2D eigenvalue weighted by atomic mass is 9.42. The standard InChI is InChI=1S/C71H63BN2/c1-69(2)61-16-10-9-15-55(61)56-34-58-59-29-51(49-13-7-4-8-14-49)30-66-67(59)72(74(65(58)35-62(56)69)54-20-17-50(18-21-54)48-11-5-3-6-12-48)63-33-53(71-39-45-26-46(40-71)28-47(27-45)41-71)32-60-57-31-52(19-22-64(57)73(66)68(60)63)70-36-42-23-43(37-70)25-44(24-42)38-70/h3-22,29-35,42-47H,23-28,36-41H2,1-2H3. The average molecular weight is 955 g/mol. The highest BCUT2D eigenvalue weighted by atomic mass is 15.1. The van der Waals surface area contributed by atoms with Crippen LogP contribution in [0.4, 0.5) is 11.4 Å². The first-order valence-corrected chi connectivity index (χ1v) is 28.8. The summed E-state index contributed by atoms with van der Waals surface area (Å²) in [4.78, 5) is 2.83. The van der Waals surface area contributed by atoms with Gasteiger partial charge in [0, 0.05) is 38.8 Å². The molecule has 8 bridgehead atoms. The van der Waals surface area contributed by atoms with Crippen LogP contribution in [0.3, 0.4) is 0 Å². The molecule has 0 atom stereocenters. The monoisotopic (exact) mass is 955 g/mol. The summed E-state index contributed by atoms with van der Waals surface area (Å²) in [6.07, 6.45) is 17.1. The molecule has 3 heterocycles. The minimum Gasteiger partial charge on any atom is -0.376 e. The van der Waals surface area contributed by atoms with Gasteiger partial charge in [0.1, 0.15) is 0 Å². The van der Waals surface area contributed by atoms with Crippen molar-refractivity contribution in [2.45, 2.75) is 107 Å². The summed E-state index contributed by atoms with van der Waals surface area (Å²) in [5, 5.41) is 3.00. The Morgan fingerprint density at radius 1 is 0.419 bits per heavy atom. The predicted molar refractivity (Wildman–Crippen MR) is 308 cm³/mol. The van der Waals surface area contributed by atoms with Gasteiger partial charge >= 0.3 is 6.85 Å². The zero-order chi connectivity index (χ0) is 48.4. The lowest BCUT2D eigenvalue weighted by Gasteiger charge is -2.57. The molecule has 20 rings (SSSR count). The number of nitrogens with zero attached hydrogens (tertiary/aromatic N) is 2. The van der Waals surface area contributed by atoms with E-state index in [9.17, 15) is 0 Å². The third-order valence-electron chi connectivity index (χ3n) is 22.0. The van der Waals surface area contributed by atoms with E-state index >= 15 is 0 Å². The van der Waals surface area contributed by atoms with E-state index in [1.165, 1.54) is 182 Å². The van der Waals surface area contributed by atoms with Gasteiger partial charge in [-0.3, -0.25) is 0 Å². The van der Waals surface area contributed by atoms with E-state index in [1.54, 1.807) is 11.1 Å². The fourth-order valence-electron chi connectivity index (χ4n) is 19.8. The molecule has 9 aromatic rings. The van der Waals surface area contributed by atoms with Gasteiger partial charge in [0.15, 0.2) is 0 Å². The second-order valence-corrected chi connectivity index (χ2v) is 26.5. The van der Waals surface area contributed by atoms with E-state index in [2.05, 4.69) is 187 Å². The van der Waals surface area contributed by atoms with E-state index in [0.29, 0.717) is 5.41 Å². The van der Waals surface area contributed by atoms with Gasteiger partial charge in [-0.1, -0.05) is 123 Å². The van der Waals surface area contributed by atoms with Gasteiger partial charge in [0.05, 0.1) is 11.0 Å². The lowest BCUT2D eigenvalue weighted by molar-refractivity contribution is -0.00526. The average Bonchev–Trinajstić information content (AvgIpc) is 3.86. The summed E-state index contributed by atoms with van der Waals surface area (Å²) in [5.41, 5.74) is 26.9. The normalized spacial score (nSPS) is 28.5. The Balaban J connectivity index is 0.959. The maximum atomic E-state index is 2.83. The van der Waals surface area contributed by atoms with Crippen LogP contribution in [-0.2, 0) is 16.2 Å². The molecule has 360 valence electrons. The molecule has 74 heavy (non-hydrogen) atoms. The van der Waals surface area contributed by atoms with Crippen LogP contribution in [0, 0.1) is 35.5 Å². The first-order valence-electron chi connectivity index (χ1n) is 28.8. The number of benzene rings is 8. The van der Waals surface area contributed by atoms with Crippen LogP contribution in [0.1, 0.15) is 113 Å². The topological polar surface area (TPSA) is 8.17 Å². The third-order valence-corrected chi connectivity index (χ3v) is 22.0. The summed E-state index contributed by atoms with van der Waals surface area (Å²) < 4.78 is 2.79. The van der Waals surface area contributed by atoms with Crippen molar-refractivity contribution < 1.29 is 0 Å². The van der Waals surface area contributed by atoms with Gasteiger partial charge in [0.2, 0.25) is 0 Å². The molecule has 0 saturated heterocycles. The van der Waals surface area contributed by atoms with Crippen molar-refractivity contribution in [1.29, 1.82) is 0 Å². The maximum absolute atomic E-state index is 2.83. The van der Waals surface area contributed by atoms with E-state index < -0.39 is 0 Å². The van der Waals surface area contributed by atoms with Gasteiger partial charge in [-0.2, -0.15) is 0 Å². The summed E-state index contributed by atoms with van der Waals surface area (Å²) in [5.74, 6) is 5.35. The van der Waals surface area contributed by atoms with Crippen LogP contribution in [0.25, 0.3) is 72.0 Å². The molecule has 8 saturated carbocycles.